The van der Waals surface area contributed by atoms with E-state index in [4.69, 9.17) is 4.99 Å². The molecule has 3 heteroatoms. The first-order valence-corrected chi connectivity index (χ1v) is 11.5. The first-order chi connectivity index (χ1) is 15.0. The van der Waals surface area contributed by atoms with Gasteiger partial charge in [0.1, 0.15) is 0 Å². The van der Waals surface area contributed by atoms with Crippen LogP contribution in [0.5, 0.6) is 0 Å². The van der Waals surface area contributed by atoms with Gasteiger partial charge in [0.2, 0.25) is 0 Å². The predicted molar refractivity (Wildman–Crippen MR) is 134 cm³/mol. The fourth-order valence-corrected chi connectivity index (χ4v) is 5.07. The number of benzene rings is 1. The maximum absolute atomic E-state index is 5.05. The number of allylic oxidation sites excluding steroid dienone is 7. The molecule has 2 atom stereocenters. The van der Waals surface area contributed by atoms with Gasteiger partial charge in [-0.2, -0.15) is 0 Å². The maximum Gasteiger partial charge on any atom is 0.0668 e. The normalized spacial score (nSPS) is 24.0. The van der Waals surface area contributed by atoms with Crippen molar-refractivity contribution in [3.63, 3.8) is 0 Å². The third-order valence-corrected chi connectivity index (χ3v) is 7.01. The largest absolute Gasteiger partial charge is 0.367 e. The SMILES string of the molecule is C=C/C=C\C1=C(C)CC(/C(C)=N/c2cc(C(=C)N3CCCC4CNCC43)ccc2C)=C1. The lowest BCUT2D eigenvalue weighted by molar-refractivity contribution is 0.195. The highest BCUT2D eigenvalue weighted by atomic mass is 15.2. The molecule has 2 aliphatic heterocycles. The molecule has 3 aliphatic rings. The Balaban J connectivity index is 1.56. The molecule has 2 unspecified atom stereocenters. The molecular weight excluding hydrogens is 378 g/mol. The average Bonchev–Trinajstić information content (AvgIpc) is 3.39. The van der Waals surface area contributed by atoms with Crippen LogP contribution in [0.4, 0.5) is 5.69 Å². The summed E-state index contributed by atoms with van der Waals surface area (Å²) >= 11 is 0. The molecule has 0 radical (unpaired) electrons. The van der Waals surface area contributed by atoms with Gasteiger partial charge in [0.05, 0.1) is 5.69 Å². The summed E-state index contributed by atoms with van der Waals surface area (Å²) in [6, 6.07) is 7.19. The molecule has 2 fully saturated rings. The standard InChI is InChI=1S/C28H35N3/c1-6-7-9-23-15-26(14-20(23)3)21(4)30-27-16-24(12-11-19(27)2)22(5)31-13-8-10-25-17-29-18-28(25)31/h6-7,9,11-12,15-16,25,28-29H,1,5,8,10,13-14,17-18H2,2-4H3/b9-7-,30-21+. The number of piperidine rings is 1. The Hall–Kier alpha value is -2.65. The average molecular weight is 414 g/mol. The molecule has 0 amide bonds. The summed E-state index contributed by atoms with van der Waals surface area (Å²) in [6.45, 7) is 18.0. The van der Waals surface area contributed by atoms with Crippen LogP contribution in [0.1, 0.15) is 44.2 Å². The van der Waals surface area contributed by atoms with Crippen molar-refractivity contribution >= 4 is 17.1 Å². The molecule has 162 valence electrons. The summed E-state index contributed by atoms with van der Waals surface area (Å²) in [5, 5.41) is 3.57. The first-order valence-electron chi connectivity index (χ1n) is 11.5. The number of hydrogen-bond acceptors (Lipinski definition) is 3. The Kier molecular flexibility index (Phi) is 6.43. The van der Waals surface area contributed by atoms with Crippen LogP contribution in [0.15, 0.2) is 77.4 Å². The van der Waals surface area contributed by atoms with Crippen molar-refractivity contribution in [3.8, 4) is 0 Å². The summed E-state index contributed by atoms with van der Waals surface area (Å²) in [5.74, 6) is 0.755. The molecule has 0 spiro atoms. The number of rotatable bonds is 6. The highest BCUT2D eigenvalue weighted by Gasteiger charge is 2.35. The van der Waals surface area contributed by atoms with Crippen LogP contribution in [0.2, 0.25) is 0 Å². The van der Waals surface area contributed by atoms with Gasteiger partial charge in [-0.3, -0.25) is 4.99 Å². The minimum absolute atomic E-state index is 0.580. The molecule has 31 heavy (non-hydrogen) atoms. The topological polar surface area (TPSA) is 27.6 Å². The zero-order valence-corrected chi connectivity index (χ0v) is 19.2. The van der Waals surface area contributed by atoms with Crippen LogP contribution in [-0.4, -0.2) is 36.3 Å². The summed E-state index contributed by atoms with van der Waals surface area (Å²) in [7, 11) is 0. The van der Waals surface area contributed by atoms with Gasteiger partial charge in [-0.1, -0.05) is 49.1 Å². The van der Waals surface area contributed by atoms with E-state index in [0.29, 0.717) is 6.04 Å². The number of hydrogen-bond donors (Lipinski definition) is 1. The van der Waals surface area contributed by atoms with Gasteiger partial charge in [0, 0.05) is 37.1 Å². The number of nitrogens with zero attached hydrogens (tertiary/aromatic N) is 2. The predicted octanol–water partition coefficient (Wildman–Crippen LogP) is 6.13. The molecule has 1 N–H and O–H groups in total. The van der Waals surface area contributed by atoms with Crippen LogP contribution < -0.4 is 5.32 Å². The van der Waals surface area contributed by atoms with Gasteiger partial charge in [0.25, 0.3) is 0 Å². The van der Waals surface area contributed by atoms with E-state index in [-0.39, 0.29) is 0 Å². The lowest BCUT2D eigenvalue weighted by Crippen LogP contribution is -2.43. The number of fused-ring (bicyclic) bond motifs is 1. The highest BCUT2D eigenvalue weighted by molar-refractivity contribution is 6.01. The van der Waals surface area contributed by atoms with E-state index in [9.17, 15) is 0 Å². The van der Waals surface area contributed by atoms with Crippen molar-refractivity contribution in [2.45, 2.75) is 46.1 Å². The zero-order chi connectivity index (χ0) is 22.0. The lowest BCUT2D eigenvalue weighted by atomic mass is 9.91. The number of aliphatic imine (C=N–C) groups is 1. The molecule has 0 aromatic heterocycles. The van der Waals surface area contributed by atoms with Gasteiger partial charge in [-0.15, -0.1) is 0 Å². The van der Waals surface area contributed by atoms with Crippen molar-refractivity contribution in [1.29, 1.82) is 0 Å². The monoisotopic (exact) mass is 413 g/mol. The first kappa shape index (κ1) is 21.6. The lowest BCUT2D eigenvalue weighted by Gasteiger charge is -2.40. The second-order valence-corrected chi connectivity index (χ2v) is 9.14. The van der Waals surface area contributed by atoms with Crippen molar-refractivity contribution in [1.82, 2.24) is 10.2 Å². The Morgan fingerprint density at radius 1 is 1.26 bits per heavy atom. The van der Waals surface area contributed by atoms with Crippen molar-refractivity contribution in [2.24, 2.45) is 10.9 Å². The van der Waals surface area contributed by atoms with Crippen LogP contribution in [0.25, 0.3) is 5.70 Å². The summed E-state index contributed by atoms with van der Waals surface area (Å²) in [5.41, 5.74) is 9.61. The smallest absolute Gasteiger partial charge is 0.0668 e. The molecule has 1 aromatic carbocycles. The molecule has 1 aromatic rings. The zero-order valence-electron chi connectivity index (χ0n) is 19.2. The Morgan fingerprint density at radius 3 is 2.90 bits per heavy atom. The van der Waals surface area contributed by atoms with Crippen LogP contribution in [0.3, 0.4) is 0 Å². The highest BCUT2D eigenvalue weighted by Crippen LogP contribution is 2.34. The summed E-state index contributed by atoms with van der Waals surface area (Å²) in [4.78, 5) is 7.58. The van der Waals surface area contributed by atoms with E-state index < -0.39 is 0 Å². The Morgan fingerprint density at radius 2 is 2.10 bits per heavy atom. The second kappa shape index (κ2) is 9.23. The van der Waals surface area contributed by atoms with Crippen LogP contribution in [-0.2, 0) is 0 Å². The molecule has 2 saturated heterocycles. The van der Waals surface area contributed by atoms with E-state index in [2.05, 4.69) is 74.5 Å². The quantitative estimate of drug-likeness (QED) is 0.449. The Labute approximate surface area is 187 Å². The molecule has 3 nitrogen and oxygen atoms in total. The van der Waals surface area contributed by atoms with Crippen LogP contribution in [0, 0.1) is 12.8 Å². The van der Waals surface area contributed by atoms with E-state index in [1.807, 2.05) is 12.2 Å². The van der Waals surface area contributed by atoms with Crippen LogP contribution >= 0.6 is 0 Å². The fourth-order valence-electron chi connectivity index (χ4n) is 5.07. The maximum atomic E-state index is 5.05. The van der Waals surface area contributed by atoms with E-state index >= 15 is 0 Å². The third-order valence-electron chi connectivity index (χ3n) is 7.01. The number of nitrogens with one attached hydrogen (secondary N) is 1. The second-order valence-electron chi connectivity index (χ2n) is 9.14. The third kappa shape index (κ3) is 4.52. The van der Waals surface area contributed by atoms with E-state index in [1.54, 1.807) is 0 Å². The van der Waals surface area contributed by atoms with Crippen molar-refractivity contribution < 1.29 is 0 Å². The summed E-state index contributed by atoms with van der Waals surface area (Å²) in [6.07, 6.45) is 11.7. The van der Waals surface area contributed by atoms with Gasteiger partial charge in [-0.05, 0) is 80.4 Å². The minimum atomic E-state index is 0.580. The molecular formula is C28H35N3. The fraction of sp³-hybridized carbons (Fsp3) is 0.393. The molecule has 4 rings (SSSR count). The molecule has 0 bridgehead atoms. The van der Waals surface area contributed by atoms with Crippen molar-refractivity contribution in [3.05, 3.63) is 83.5 Å². The van der Waals surface area contributed by atoms with Gasteiger partial charge in [0.15, 0.2) is 0 Å². The number of likely N-dealkylation sites (tertiary alicyclic amines) is 1. The van der Waals surface area contributed by atoms with E-state index in [0.717, 1.165) is 49.1 Å². The molecule has 2 heterocycles. The number of aryl methyl sites for hydroxylation is 1. The van der Waals surface area contributed by atoms with Gasteiger partial charge >= 0.3 is 0 Å². The van der Waals surface area contributed by atoms with Crippen molar-refractivity contribution in [2.75, 3.05) is 19.6 Å². The van der Waals surface area contributed by atoms with Gasteiger partial charge in [-0.25, -0.2) is 0 Å². The molecule has 0 saturated carbocycles. The Bertz CT molecular complexity index is 1010. The van der Waals surface area contributed by atoms with E-state index in [1.165, 1.54) is 40.7 Å². The summed E-state index contributed by atoms with van der Waals surface area (Å²) < 4.78 is 0. The minimum Gasteiger partial charge on any atom is -0.367 e. The molecule has 1 aliphatic carbocycles. The van der Waals surface area contributed by atoms with Gasteiger partial charge < -0.3 is 10.2 Å².